The molecular weight excluding hydrogens is 398 g/mol. The van der Waals surface area contributed by atoms with Gasteiger partial charge in [-0.2, -0.15) is 0 Å². The maximum absolute atomic E-state index is 13.0. The van der Waals surface area contributed by atoms with Gasteiger partial charge in [0.25, 0.3) is 5.91 Å². The van der Waals surface area contributed by atoms with Crippen LogP contribution < -0.4 is 0 Å². The summed E-state index contributed by atoms with van der Waals surface area (Å²) in [5.74, 6) is 0.833. The van der Waals surface area contributed by atoms with E-state index >= 15 is 0 Å². The molecule has 3 aromatic rings. The number of amides is 1. The highest BCUT2D eigenvalue weighted by Gasteiger charge is 2.30. The van der Waals surface area contributed by atoms with Crippen molar-refractivity contribution in [1.82, 2.24) is 14.9 Å². The second-order valence-electron chi connectivity index (χ2n) is 8.92. The second-order valence-corrected chi connectivity index (χ2v) is 8.92. The predicted molar refractivity (Wildman–Crippen MR) is 124 cm³/mol. The van der Waals surface area contributed by atoms with Crippen LogP contribution in [0, 0.1) is 0 Å². The van der Waals surface area contributed by atoms with Crippen LogP contribution in [0.3, 0.4) is 0 Å². The smallest absolute Gasteiger partial charge is 0.274 e. The van der Waals surface area contributed by atoms with E-state index in [1.54, 1.807) is 12.4 Å². The Morgan fingerprint density at radius 3 is 2.69 bits per heavy atom. The van der Waals surface area contributed by atoms with Crippen LogP contribution in [0.25, 0.3) is 11.1 Å². The van der Waals surface area contributed by atoms with E-state index in [1.807, 2.05) is 11.8 Å². The van der Waals surface area contributed by atoms with Crippen molar-refractivity contribution in [1.29, 1.82) is 0 Å². The van der Waals surface area contributed by atoms with Crippen LogP contribution in [0.5, 0.6) is 0 Å². The fourth-order valence-electron chi connectivity index (χ4n) is 4.86. The van der Waals surface area contributed by atoms with E-state index in [4.69, 9.17) is 0 Å². The number of nitrogens with zero attached hydrogens (tertiary/aromatic N) is 3. The Kier molecular flexibility index (Phi) is 5.75. The van der Waals surface area contributed by atoms with Crippen LogP contribution in [0.1, 0.15) is 70.9 Å². The van der Waals surface area contributed by atoms with Gasteiger partial charge in [0.05, 0.1) is 18.5 Å². The molecule has 1 aliphatic carbocycles. The zero-order valence-electron chi connectivity index (χ0n) is 18.5. The highest BCUT2D eigenvalue weighted by atomic mass is 16.3. The molecule has 1 N–H and O–H groups in total. The number of carbonyl (C=O) groups excluding carboxylic acids is 1. The minimum Gasteiger partial charge on any atom is -0.392 e. The predicted octanol–water partition coefficient (Wildman–Crippen LogP) is 4.71. The minimum atomic E-state index is -0.0594. The first-order valence-corrected chi connectivity index (χ1v) is 11.6. The molecule has 1 aliphatic heterocycles. The first-order chi connectivity index (χ1) is 15.7. The summed E-state index contributed by atoms with van der Waals surface area (Å²) in [5.41, 5.74) is 7.20. The summed E-state index contributed by atoms with van der Waals surface area (Å²) in [6.07, 6.45) is 7.43. The van der Waals surface area contributed by atoms with E-state index in [9.17, 15) is 9.90 Å². The molecule has 0 spiro atoms. The Morgan fingerprint density at radius 1 is 1.06 bits per heavy atom. The van der Waals surface area contributed by atoms with Crippen LogP contribution in [0.2, 0.25) is 0 Å². The Bertz CT molecular complexity index is 1140. The number of aliphatic hydroxyl groups is 1. The molecule has 164 valence electrons. The standard InChI is InChI=1S/C27H29N3O2/c1-2-22-14-28-15-26(29-22)27(32)30-12-11-20(16-30)23-10-9-19(13-21(23)17-31)25-6-4-3-5-24(25)18-7-8-18/h3-6,9-10,13-15,18,20,31H,2,7-8,11-12,16-17H2,1H3/t20-/m0/s1. The SMILES string of the molecule is CCc1cncc(C(=O)N2CC[C@H](c3ccc(-c4ccccc4C4CC4)cc3CO)C2)n1. The second kappa shape index (κ2) is 8.83. The van der Waals surface area contributed by atoms with Gasteiger partial charge in [-0.3, -0.25) is 9.78 Å². The van der Waals surface area contributed by atoms with Crippen molar-refractivity contribution in [2.45, 2.75) is 51.0 Å². The van der Waals surface area contributed by atoms with E-state index in [0.717, 1.165) is 35.2 Å². The maximum atomic E-state index is 13.0. The third-order valence-corrected chi connectivity index (χ3v) is 6.78. The summed E-state index contributed by atoms with van der Waals surface area (Å²) >= 11 is 0. The maximum Gasteiger partial charge on any atom is 0.274 e. The number of likely N-dealkylation sites (tertiary alicyclic amines) is 1. The molecule has 0 bridgehead atoms. The lowest BCUT2D eigenvalue weighted by Gasteiger charge is -2.19. The van der Waals surface area contributed by atoms with Gasteiger partial charge in [0.1, 0.15) is 5.69 Å². The molecule has 2 fully saturated rings. The van der Waals surface area contributed by atoms with Crippen LogP contribution in [0.4, 0.5) is 0 Å². The molecule has 1 saturated carbocycles. The summed E-state index contributed by atoms with van der Waals surface area (Å²) in [6, 6.07) is 15.1. The Balaban J connectivity index is 1.37. The third-order valence-electron chi connectivity index (χ3n) is 6.78. The first-order valence-electron chi connectivity index (χ1n) is 11.6. The van der Waals surface area contributed by atoms with Crippen molar-refractivity contribution >= 4 is 5.91 Å². The van der Waals surface area contributed by atoms with E-state index in [1.165, 1.54) is 24.0 Å². The molecule has 2 aliphatic rings. The molecule has 0 unspecified atom stereocenters. The third kappa shape index (κ3) is 4.05. The summed E-state index contributed by atoms with van der Waals surface area (Å²) < 4.78 is 0. The lowest BCUT2D eigenvalue weighted by atomic mass is 9.89. The Hall–Kier alpha value is -3.05. The summed E-state index contributed by atoms with van der Waals surface area (Å²) in [4.78, 5) is 23.5. The number of benzene rings is 2. The average molecular weight is 428 g/mol. The number of aliphatic hydroxyl groups excluding tert-OH is 1. The van der Waals surface area contributed by atoms with E-state index in [-0.39, 0.29) is 18.4 Å². The van der Waals surface area contributed by atoms with Crippen molar-refractivity contribution in [3.63, 3.8) is 0 Å². The lowest BCUT2D eigenvalue weighted by Crippen LogP contribution is -2.29. The molecule has 2 aromatic carbocycles. The molecule has 0 radical (unpaired) electrons. The Morgan fingerprint density at radius 2 is 1.91 bits per heavy atom. The molecular formula is C27H29N3O2. The number of aromatic nitrogens is 2. The topological polar surface area (TPSA) is 66.3 Å². The van der Waals surface area contributed by atoms with Gasteiger partial charge in [0.2, 0.25) is 0 Å². The van der Waals surface area contributed by atoms with Crippen LogP contribution >= 0.6 is 0 Å². The largest absolute Gasteiger partial charge is 0.392 e. The lowest BCUT2D eigenvalue weighted by molar-refractivity contribution is 0.0784. The van der Waals surface area contributed by atoms with Crippen molar-refractivity contribution in [3.8, 4) is 11.1 Å². The normalized spacial score (nSPS) is 18.2. The molecule has 5 heteroatoms. The van der Waals surface area contributed by atoms with E-state index < -0.39 is 0 Å². The quantitative estimate of drug-likeness (QED) is 0.619. The summed E-state index contributed by atoms with van der Waals surface area (Å²) in [7, 11) is 0. The van der Waals surface area contributed by atoms with Gasteiger partial charge in [-0.15, -0.1) is 0 Å². The van der Waals surface area contributed by atoms with E-state index in [2.05, 4.69) is 52.4 Å². The molecule has 1 aromatic heterocycles. The van der Waals surface area contributed by atoms with Crippen LogP contribution in [0.15, 0.2) is 54.9 Å². The molecule has 5 rings (SSSR count). The monoisotopic (exact) mass is 427 g/mol. The summed E-state index contributed by atoms with van der Waals surface area (Å²) in [6.45, 7) is 3.34. The van der Waals surface area contributed by atoms with Gasteiger partial charge < -0.3 is 10.0 Å². The van der Waals surface area contributed by atoms with Gasteiger partial charge in [-0.1, -0.05) is 43.3 Å². The van der Waals surface area contributed by atoms with Gasteiger partial charge in [0.15, 0.2) is 0 Å². The highest BCUT2D eigenvalue weighted by molar-refractivity contribution is 5.92. The van der Waals surface area contributed by atoms with Gasteiger partial charge in [-0.05, 0) is 65.5 Å². The van der Waals surface area contributed by atoms with E-state index in [0.29, 0.717) is 24.7 Å². The number of carbonyl (C=O) groups is 1. The van der Waals surface area contributed by atoms with Crippen molar-refractivity contribution in [2.24, 2.45) is 0 Å². The van der Waals surface area contributed by atoms with Crippen LogP contribution in [-0.4, -0.2) is 39.0 Å². The van der Waals surface area contributed by atoms with Crippen molar-refractivity contribution < 1.29 is 9.90 Å². The van der Waals surface area contributed by atoms with Gasteiger partial charge in [0, 0.05) is 25.2 Å². The number of hydrogen-bond donors (Lipinski definition) is 1. The van der Waals surface area contributed by atoms with Crippen LogP contribution in [-0.2, 0) is 13.0 Å². The molecule has 1 atom stereocenters. The minimum absolute atomic E-state index is 0.00321. The number of aryl methyl sites for hydroxylation is 1. The van der Waals surface area contributed by atoms with Crippen molar-refractivity contribution in [3.05, 3.63) is 82.9 Å². The average Bonchev–Trinajstić information content (AvgIpc) is 3.59. The zero-order valence-corrected chi connectivity index (χ0v) is 18.5. The number of rotatable bonds is 6. The molecule has 5 nitrogen and oxygen atoms in total. The zero-order chi connectivity index (χ0) is 22.1. The fourth-order valence-corrected chi connectivity index (χ4v) is 4.86. The highest BCUT2D eigenvalue weighted by Crippen LogP contribution is 2.44. The van der Waals surface area contributed by atoms with Gasteiger partial charge in [-0.25, -0.2) is 4.98 Å². The fraction of sp³-hybridized carbons (Fsp3) is 0.370. The number of hydrogen-bond acceptors (Lipinski definition) is 4. The molecule has 32 heavy (non-hydrogen) atoms. The molecule has 1 saturated heterocycles. The van der Waals surface area contributed by atoms with Crippen molar-refractivity contribution in [2.75, 3.05) is 13.1 Å². The summed E-state index contributed by atoms with van der Waals surface area (Å²) in [5, 5.41) is 10.2. The molecule has 2 heterocycles. The van der Waals surface area contributed by atoms with Gasteiger partial charge >= 0.3 is 0 Å². The Labute approximate surface area is 189 Å². The molecule has 1 amide bonds. The first kappa shape index (κ1) is 20.8.